The molecule has 0 aromatic heterocycles. The minimum Gasteiger partial charge on any atom is -0.460 e. The Kier molecular flexibility index (Phi) is 6.13. The van der Waals surface area contributed by atoms with E-state index in [-0.39, 0.29) is 11.9 Å². The van der Waals surface area contributed by atoms with E-state index in [1.807, 2.05) is 26.8 Å². The molecule has 136 valence electrons. The first-order valence-corrected chi connectivity index (χ1v) is 8.91. The maximum Gasteiger partial charge on any atom is 0.309 e. The van der Waals surface area contributed by atoms with Crippen LogP contribution in [0.5, 0.6) is 0 Å². The van der Waals surface area contributed by atoms with Gasteiger partial charge in [0.25, 0.3) is 0 Å². The molecule has 1 aliphatic rings. The van der Waals surface area contributed by atoms with Crippen LogP contribution in [-0.2, 0) is 16.1 Å². The van der Waals surface area contributed by atoms with Crippen molar-refractivity contribution in [1.29, 1.82) is 0 Å². The fourth-order valence-electron chi connectivity index (χ4n) is 3.16. The van der Waals surface area contributed by atoms with E-state index in [1.165, 1.54) is 11.3 Å². The summed E-state index contributed by atoms with van der Waals surface area (Å²) in [5.41, 5.74) is 2.92. The van der Waals surface area contributed by atoms with Gasteiger partial charge in [0, 0.05) is 30.9 Å². The molecule has 1 saturated heterocycles. The third kappa shape index (κ3) is 5.51. The van der Waals surface area contributed by atoms with Gasteiger partial charge >= 0.3 is 5.97 Å². The molecule has 1 aliphatic heterocycles. The SMILES string of the molecule is C#Cc1ccc(CN(C)C)c(N2CCC(C(=O)OC(C)(C)C)CC2)c1. The molecule has 0 radical (unpaired) electrons. The highest BCUT2D eigenvalue weighted by Crippen LogP contribution is 2.29. The Morgan fingerprint density at radius 1 is 1.32 bits per heavy atom. The minimum atomic E-state index is -0.422. The summed E-state index contributed by atoms with van der Waals surface area (Å²) in [6, 6.07) is 6.20. The van der Waals surface area contributed by atoms with Gasteiger partial charge in [0.05, 0.1) is 5.92 Å². The monoisotopic (exact) mass is 342 g/mol. The lowest BCUT2D eigenvalue weighted by Gasteiger charge is -2.35. The minimum absolute atomic E-state index is 0.0106. The van der Waals surface area contributed by atoms with E-state index in [9.17, 15) is 4.79 Å². The first-order chi connectivity index (χ1) is 11.7. The molecule has 0 amide bonds. The molecule has 1 aromatic rings. The summed E-state index contributed by atoms with van der Waals surface area (Å²) in [6.45, 7) is 8.31. The number of hydrogen-bond donors (Lipinski definition) is 0. The highest BCUT2D eigenvalue weighted by atomic mass is 16.6. The summed E-state index contributed by atoms with van der Waals surface area (Å²) in [6.07, 6.45) is 7.21. The predicted molar refractivity (Wildman–Crippen MR) is 103 cm³/mol. The van der Waals surface area contributed by atoms with Crippen molar-refractivity contribution in [3.8, 4) is 12.3 Å². The zero-order chi connectivity index (χ0) is 18.6. The molecule has 0 aliphatic carbocycles. The number of hydrogen-bond acceptors (Lipinski definition) is 4. The number of ether oxygens (including phenoxy) is 1. The summed E-state index contributed by atoms with van der Waals surface area (Å²) in [7, 11) is 4.13. The van der Waals surface area contributed by atoms with Crippen LogP contribution in [0.25, 0.3) is 0 Å². The third-order valence-electron chi connectivity index (χ3n) is 4.31. The molecule has 1 aromatic carbocycles. The van der Waals surface area contributed by atoms with Gasteiger partial charge in [-0.2, -0.15) is 0 Å². The molecular formula is C21H30N2O2. The van der Waals surface area contributed by atoms with Gasteiger partial charge in [-0.25, -0.2) is 0 Å². The van der Waals surface area contributed by atoms with Crippen LogP contribution in [-0.4, -0.2) is 43.7 Å². The molecule has 0 N–H and O–H groups in total. The van der Waals surface area contributed by atoms with Crippen molar-refractivity contribution in [2.45, 2.75) is 45.8 Å². The van der Waals surface area contributed by atoms with Crippen LogP contribution >= 0.6 is 0 Å². The molecule has 0 atom stereocenters. The Morgan fingerprint density at radius 2 is 1.96 bits per heavy atom. The van der Waals surface area contributed by atoms with Gasteiger partial charge in [-0.1, -0.05) is 12.0 Å². The molecule has 0 saturated carbocycles. The van der Waals surface area contributed by atoms with Crippen molar-refractivity contribution < 1.29 is 9.53 Å². The number of piperidine rings is 1. The van der Waals surface area contributed by atoms with Gasteiger partial charge in [-0.15, -0.1) is 6.42 Å². The van der Waals surface area contributed by atoms with Gasteiger partial charge in [0.1, 0.15) is 5.60 Å². The van der Waals surface area contributed by atoms with E-state index >= 15 is 0 Å². The van der Waals surface area contributed by atoms with Crippen LogP contribution < -0.4 is 4.90 Å². The molecule has 4 nitrogen and oxygen atoms in total. The van der Waals surface area contributed by atoms with Crippen LogP contribution in [0, 0.1) is 18.3 Å². The summed E-state index contributed by atoms with van der Waals surface area (Å²) >= 11 is 0. The van der Waals surface area contributed by atoms with Gasteiger partial charge in [-0.05, 0) is 65.4 Å². The van der Waals surface area contributed by atoms with Crippen molar-refractivity contribution in [1.82, 2.24) is 4.90 Å². The van der Waals surface area contributed by atoms with Crippen molar-refractivity contribution >= 4 is 11.7 Å². The van der Waals surface area contributed by atoms with E-state index in [0.29, 0.717) is 0 Å². The second-order valence-electron chi connectivity index (χ2n) is 8.02. The number of esters is 1. The molecule has 0 spiro atoms. The first kappa shape index (κ1) is 19.3. The fraction of sp³-hybridized carbons (Fsp3) is 0.571. The second kappa shape index (κ2) is 7.93. The summed E-state index contributed by atoms with van der Waals surface area (Å²) in [4.78, 5) is 16.8. The van der Waals surface area contributed by atoms with Crippen molar-refractivity contribution in [3.05, 3.63) is 29.3 Å². The predicted octanol–water partition coefficient (Wildman–Crippen LogP) is 3.29. The normalized spacial score (nSPS) is 16.0. The van der Waals surface area contributed by atoms with Gasteiger partial charge < -0.3 is 14.5 Å². The number of carbonyl (C=O) groups excluding carboxylic acids is 1. The fourth-order valence-corrected chi connectivity index (χ4v) is 3.16. The number of anilines is 1. The van der Waals surface area contributed by atoms with E-state index in [4.69, 9.17) is 11.2 Å². The topological polar surface area (TPSA) is 32.8 Å². The summed E-state index contributed by atoms with van der Waals surface area (Å²) < 4.78 is 5.54. The Morgan fingerprint density at radius 3 is 2.48 bits per heavy atom. The van der Waals surface area contributed by atoms with Gasteiger partial charge in [0.2, 0.25) is 0 Å². The standard InChI is InChI=1S/C21H30N2O2/c1-7-16-8-9-18(15-22(5)6)19(14-16)23-12-10-17(11-13-23)20(24)25-21(2,3)4/h1,8-9,14,17H,10-13,15H2,2-6H3. The summed E-state index contributed by atoms with van der Waals surface area (Å²) in [5.74, 6) is 2.64. The van der Waals surface area contributed by atoms with Crippen LogP contribution in [0.15, 0.2) is 18.2 Å². The van der Waals surface area contributed by atoms with Crippen LogP contribution in [0.4, 0.5) is 5.69 Å². The number of terminal acetylenes is 1. The first-order valence-electron chi connectivity index (χ1n) is 8.91. The lowest BCUT2D eigenvalue weighted by atomic mass is 9.95. The largest absolute Gasteiger partial charge is 0.460 e. The molecule has 25 heavy (non-hydrogen) atoms. The van der Waals surface area contributed by atoms with Crippen LogP contribution in [0.1, 0.15) is 44.7 Å². The summed E-state index contributed by atoms with van der Waals surface area (Å²) in [5, 5.41) is 0. The third-order valence-corrected chi connectivity index (χ3v) is 4.31. The van der Waals surface area contributed by atoms with Crippen molar-refractivity contribution in [2.24, 2.45) is 5.92 Å². The zero-order valence-corrected chi connectivity index (χ0v) is 16.1. The average molecular weight is 342 g/mol. The van der Waals surface area contributed by atoms with E-state index in [2.05, 4.69) is 41.9 Å². The quantitative estimate of drug-likeness (QED) is 0.621. The Bertz CT molecular complexity index is 645. The number of rotatable bonds is 4. The highest BCUT2D eigenvalue weighted by Gasteiger charge is 2.29. The lowest BCUT2D eigenvalue weighted by molar-refractivity contribution is -0.160. The second-order valence-corrected chi connectivity index (χ2v) is 8.02. The molecular weight excluding hydrogens is 312 g/mol. The van der Waals surface area contributed by atoms with Crippen LogP contribution in [0.3, 0.4) is 0 Å². The van der Waals surface area contributed by atoms with E-state index in [0.717, 1.165) is 38.0 Å². The number of carbonyl (C=O) groups is 1. The molecule has 0 unspecified atom stereocenters. The molecule has 1 fully saturated rings. The maximum atomic E-state index is 12.3. The smallest absolute Gasteiger partial charge is 0.309 e. The molecule has 4 heteroatoms. The van der Waals surface area contributed by atoms with E-state index < -0.39 is 5.60 Å². The average Bonchev–Trinajstić information content (AvgIpc) is 2.53. The van der Waals surface area contributed by atoms with Crippen LogP contribution in [0.2, 0.25) is 0 Å². The van der Waals surface area contributed by atoms with Gasteiger partial charge in [-0.3, -0.25) is 4.79 Å². The molecule has 2 rings (SSSR count). The Labute approximate surface area is 152 Å². The Hall–Kier alpha value is -1.99. The lowest BCUT2D eigenvalue weighted by Crippen LogP contribution is -2.39. The number of nitrogens with zero attached hydrogens (tertiary/aromatic N) is 2. The van der Waals surface area contributed by atoms with E-state index in [1.54, 1.807) is 0 Å². The number of benzene rings is 1. The highest BCUT2D eigenvalue weighted by molar-refractivity contribution is 5.73. The molecule has 0 bridgehead atoms. The van der Waals surface area contributed by atoms with Crippen molar-refractivity contribution in [2.75, 3.05) is 32.1 Å². The zero-order valence-electron chi connectivity index (χ0n) is 16.1. The Balaban J connectivity index is 2.09. The van der Waals surface area contributed by atoms with Crippen molar-refractivity contribution in [3.63, 3.8) is 0 Å². The maximum absolute atomic E-state index is 12.3. The van der Waals surface area contributed by atoms with Gasteiger partial charge in [0.15, 0.2) is 0 Å². The molecule has 1 heterocycles.